The molecule has 36 heavy (non-hydrogen) atoms. The largest absolute Gasteiger partial charge is 0.485 e. The van der Waals surface area contributed by atoms with Gasteiger partial charge in [0, 0.05) is 50.9 Å². The lowest BCUT2D eigenvalue weighted by molar-refractivity contribution is -0.114. The van der Waals surface area contributed by atoms with Gasteiger partial charge in [-0.3, -0.25) is 18.8 Å². The average molecular weight is 496 g/mol. The van der Waals surface area contributed by atoms with Crippen molar-refractivity contribution < 1.29 is 9.84 Å². The van der Waals surface area contributed by atoms with Crippen molar-refractivity contribution in [3.8, 4) is 11.8 Å². The van der Waals surface area contributed by atoms with Crippen molar-refractivity contribution in [2.45, 2.75) is 70.7 Å². The molecule has 2 fully saturated rings. The number of ether oxygens (including phenoxy) is 1. The zero-order chi connectivity index (χ0) is 26.0. The molecule has 9 nitrogen and oxygen atoms in total. The quantitative estimate of drug-likeness (QED) is 0.600. The van der Waals surface area contributed by atoms with Gasteiger partial charge in [-0.2, -0.15) is 5.26 Å². The topological polar surface area (TPSA) is 104 Å². The number of aliphatic hydroxyl groups excluding tert-OH is 1. The van der Waals surface area contributed by atoms with Crippen molar-refractivity contribution in [2.24, 2.45) is 0 Å². The molecular weight excluding hydrogens is 458 g/mol. The summed E-state index contributed by atoms with van der Waals surface area (Å²) < 4.78 is 9.28. The molecule has 194 valence electrons. The number of aliphatic hydroxyl groups is 1. The maximum atomic E-state index is 13.1. The van der Waals surface area contributed by atoms with Crippen LogP contribution in [-0.2, 0) is 0 Å². The Morgan fingerprint density at radius 2 is 1.61 bits per heavy atom. The number of β-amino-alcohol motifs (C(OH)–C–C–N with tert-alkyl or cyclic N) is 1. The van der Waals surface area contributed by atoms with Crippen LogP contribution in [0.5, 0.6) is 5.75 Å². The monoisotopic (exact) mass is 495 g/mol. The highest BCUT2D eigenvalue weighted by molar-refractivity contribution is 5.40. The molecule has 2 aliphatic rings. The number of nitrogens with zero attached hydrogens (tertiary/aromatic N) is 5. The molecule has 1 saturated carbocycles. The second kappa shape index (κ2) is 10.5. The van der Waals surface area contributed by atoms with E-state index in [0.29, 0.717) is 49.9 Å². The Hall–Kier alpha value is -3.09. The third-order valence-corrected chi connectivity index (χ3v) is 7.42. The Morgan fingerprint density at radius 1 is 1.00 bits per heavy atom. The van der Waals surface area contributed by atoms with Crippen molar-refractivity contribution in [3.63, 3.8) is 0 Å². The SMILES string of the molecule is CC(C)n1c(N2CCN(CC(O)C3(Oc4ccc(C#N)cc4)CCC3)CC2)cc(=O)n(C(C)C)c1=O. The molecule has 1 N–H and O–H groups in total. The number of hydrogen-bond donors (Lipinski definition) is 1. The van der Waals surface area contributed by atoms with E-state index in [1.807, 2.05) is 27.7 Å². The minimum Gasteiger partial charge on any atom is -0.485 e. The molecule has 4 rings (SSSR count). The number of anilines is 1. The molecule has 1 aliphatic heterocycles. The van der Waals surface area contributed by atoms with Crippen molar-refractivity contribution in [1.82, 2.24) is 14.0 Å². The number of hydrogen-bond acceptors (Lipinski definition) is 7. The van der Waals surface area contributed by atoms with Gasteiger partial charge in [-0.25, -0.2) is 4.79 Å². The van der Waals surface area contributed by atoms with Gasteiger partial charge in [0.25, 0.3) is 5.56 Å². The van der Waals surface area contributed by atoms with E-state index in [2.05, 4.69) is 15.9 Å². The second-order valence-corrected chi connectivity index (χ2v) is 10.5. The van der Waals surface area contributed by atoms with Gasteiger partial charge in [0.15, 0.2) is 0 Å². The van der Waals surface area contributed by atoms with Gasteiger partial charge < -0.3 is 14.7 Å². The van der Waals surface area contributed by atoms with E-state index in [9.17, 15) is 14.7 Å². The van der Waals surface area contributed by atoms with Crippen LogP contribution in [0.4, 0.5) is 5.82 Å². The van der Waals surface area contributed by atoms with Crippen LogP contribution < -0.4 is 20.9 Å². The van der Waals surface area contributed by atoms with E-state index < -0.39 is 11.7 Å². The van der Waals surface area contributed by atoms with E-state index in [1.165, 1.54) is 4.57 Å². The molecule has 1 saturated heterocycles. The van der Waals surface area contributed by atoms with Crippen LogP contribution >= 0.6 is 0 Å². The van der Waals surface area contributed by atoms with E-state index in [4.69, 9.17) is 10.00 Å². The van der Waals surface area contributed by atoms with Crippen LogP contribution in [0.15, 0.2) is 39.9 Å². The minimum atomic E-state index is -0.641. The predicted octanol–water partition coefficient (Wildman–Crippen LogP) is 2.53. The zero-order valence-electron chi connectivity index (χ0n) is 21.7. The van der Waals surface area contributed by atoms with E-state index in [1.54, 1.807) is 34.9 Å². The molecule has 2 aromatic rings. The van der Waals surface area contributed by atoms with Gasteiger partial charge in [-0.05, 0) is 71.2 Å². The van der Waals surface area contributed by atoms with Gasteiger partial charge in [0.05, 0.1) is 11.6 Å². The molecule has 0 radical (unpaired) electrons. The number of benzene rings is 1. The standard InChI is InChI=1S/C27H37N5O4/c1-19(2)31-24(16-25(34)32(20(3)4)26(31)35)30-14-12-29(13-15-30)18-23(33)27(10-5-11-27)36-22-8-6-21(17-28)7-9-22/h6-9,16,19-20,23,33H,5,10-15,18H2,1-4H3. The Kier molecular flexibility index (Phi) is 7.57. The summed E-state index contributed by atoms with van der Waals surface area (Å²) in [4.78, 5) is 30.1. The Bertz CT molecular complexity index is 1210. The van der Waals surface area contributed by atoms with Crippen LogP contribution in [-0.4, -0.2) is 63.6 Å². The van der Waals surface area contributed by atoms with E-state index in [-0.39, 0.29) is 23.3 Å². The van der Waals surface area contributed by atoms with Crippen LogP contribution in [0.1, 0.15) is 64.6 Å². The fraction of sp³-hybridized carbons (Fsp3) is 0.593. The van der Waals surface area contributed by atoms with Gasteiger partial charge in [-0.1, -0.05) is 0 Å². The first-order chi connectivity index (χ1) is 17.1. The highest BCUT2D eigenvalue weighted by Crippen LogP contribution is 2.40. The smallest absolute Gasteiger partial charge is 0.333 e. The lowest BCUT2D eigenvalue weighted by Gasteiger charge is -2.47. The van der Waals surface area contributed by atoms with Crippen LogP contribution in [0.3, 0.4) is 0 Å². The lowest BCUT2D eigenvalue weighted by Crippen LogP contribution is -2.59. The molecule has 9 heteroatoms. The summed E-state index contributed by atoms with van der Waals surface area (Å²) in [5, 5.41) is 20.2. The van der Waals surface area contributed by atoms with Crippen molar-refractivity contribution in [3.05, 3.63) is 56.7 Å². The summed E-state index contributed by atoms with van der Waals surface area (Å²) in [6.07, 6.45) is 1.95. The first-order valence-corrected chi connectivity index (χ1v) is 12.9. The van der Waals surface area contributed by atoms with Gasteiger partial charge >= 0.3 is 5.69 Å². The fourth-order valence-electron chi connectivity index (χ4n) is 5.19. The average Bonchev–Trinajstić information content (AvgIpc) is 2.81. The molecule has 0 amide bonds. The first-order valence-electron chi connectivity index (χ1n) is 12.9. The molecule has 1 aromatic heterocycles. The number of nitriles is 1. The van der Waals surface area contributed by atoms with Gasteiger partial charge in [0.2, 0.25) is 0 Å². The molecule has 2 heterocycles. The molecule has 1 aromatic carbocycles. The Balaban J connectivity index is 1.43. The van der Waals surface area contributed by atoms with E-state index in [0.717, 1.165) is 19.3 Å². The first kappa shape index (κ1) is 26.0. The Morgan fingerprint density at radius 3 is 2.11 bits per heavy atom. The van der Waals surface area contributed by atoms with Crippen molar-refractivity contribution >= 4 is 5.82 Å². The van der Waals surface area contributed by atoms with Crippen molar-refractivity contribution in [2.75, 3.05) is 37.6 Å². The van der Waals surface area contributed by atoms with Crippen LogP contribution in [0.2, 0.25) is 0 Å². The second-order valence-electron chi connectivity index (χ2n) is 10.5. The molecule has 1 atom stereocenters. The maximum absolute atomic E-state index is 13.1. The van der Waals surface area contributed by atoms with Crippen LogP contribution in [0.25, 0.3) is 0 Å². The fourth-order valence-corrected chi connectivity index (χ4v) is 5.19. The summed E-state index contributed by atoms with van der Waals surface area (Å²) in [6.45, 7) is 10.8. The number of rotatable bonds is 8. The van der Waals surface area contributed by atoms with Crippen LogP contribution in [0, 0.1) is 11.3 Å². The lowest BCUT2D eigenvalue weighted by atomic mass is 9.75. The summed E-state index contributed by atoms with van der Waals surface area (Å²) in [6, 6.07) is 10.4. The Labute approximate surface area is 212 Å². The maximum Gasteiger partial charge on any atom is 0.333 e. The summed E-state index contributed by atoms with van der Waals surface area (Å²) in [5.41, 5.74) is -0.572. The normalized spacial score (nSPS) is 18.7. The third kappa shape index (κ3) is 5.06. The highest BCUT2D eigenvalue weighted by Gasteiger charge is 2.46. The third-order valence-electron chi connectivity index (χ3n) is 7.42. The molecular formula is C27H37N5O4. The number of piperazine rings is 1. The zero-order valence-corrected chi connectivity index (χ0v) is 21.7. The molecule has 0 spiro atoms. The minimum absolute atomic E-state index is 0.0733. The summed E-state index contributed by atoms with van der Waals surface area (Å²) >= 11 is 0. The summed E-state index contributed by atoms with van der Waals surface area (Å²) in [7, 11) is 0. The summed E-state index contributed by atoms with van der Waals surface area (Å²) in [5.74, 6) is 1.33. The van der Waals surface area contributed by atoms with Crippen molar-refractivity contribution in [1.29, 1.82) is 5.26 Å². The highest BCUT2D eigenvalue weighted by atomic mass is 16.5. The number of aromatic nitrogens is 2. The predicted molar refractivity (Wildman–Crippen MR) is 139 cm³/mol. The molecule has 1 unspecified atom stereocenters. The van der Waals surface area contributed by atoms with E-state index >= 15 is 0 Å². The van der Waals surface area contributed by atoms with Gasteiger partial charge in [-0.15, -0.1) is 0 Å². The van der Waals surface area contributed by atoms with Gasteiger partial charge in [0.1, 0.15) is 23.3 Å². The molecule has 1 aliphatic carbocycles. The molecule has 0 bridgehead atoms.